The summed E-state index contributed by atoms with van der Waals surface area (Å²) in [6.07, 6.45) is 3.31. The van der Waals surface area contributed by atoms with E-state index in [0.29, 0.717) is 23.2 Å². The van der Waals surface area contributed by atoms with Crippen LogP contribution < -0.4 is 10.7 Å². The molecular weight excluding hydrogens is 415 g/mol. The number of benzene rings is 1. The molecule has 0 spiro atoms. The lowest BCUT2D eigenvalue weighted by Crippen LogP contribution is -2.41. The second-order valence-corrected chi connectivity index (χ2v) is 7.65. The van der Waals surface area contributed by atoms with E-state index in [1.807, 2.05) is 24.5 Å². The molecule has 0 bridgehead atoms. The fourth-order valence-corrected chi connectivity index (χ4v) is 3.62. The second-order valence-electron chi connectivity index (χ2n) is 6.80. The van der Waals surface area contributed by atoms with Crippen LogP contribution in [0, 0.1) is 13.8 Å². The van der Waals surface area contributed by atoms with E-state index in [1.54, 1.807) is 18.2 Å². The molecular formula is C20H22Cl2N4O3. The Bertz CT molecular complexity index is 949. The van der Waals surface area contributed by atoms with Crippen LogP contribution in [-0.4, -0.2) is 41.9 Å². The van der Waals surface area contributed by atoms with E-state index in [2.05, 4.69) is 15.8 Å². The highest BCUT2D eigenvalue weighted by Crippen LogP contribution is 2.28. The molecule has 154 valence electrons. The molecule has 2 aromatic rings. The van der Waals surface area contributed by atoms with Crippen molar-refractivity contribution in [3.05, 3.63) is 51.3 Å². The number of hydrogen-bond donors (Lipinski definition) is 2. The van der Waals surface area contributed by atoms with Crippen molar-refractivity contribution in [1.29, 1.82) is 0 Å². The Labute approximate surface area is 179 Å². The molecule has 0 aliphatic carbocycles. The van der Waals surface area contributed by atoms with E-state index in [4.69, 9.17) is 27.9 Å². The van der Waals surface area contributed by atoms with Gasteiger partial charge < -0.3 is 14.6 Å². The van der Waals surface area contributed by atoms with Crippen LogP contribution in [0.4, 0.5) is 0 Å². The highest BCUT2D eigenvalue weighted by Gasteiger charge is 2.19. The van der Waals surface area contributed by atoms with Gasteiger partial charge >= 0.3 is 11.8 Å². The van der Waals surface area contributed by atoms with Crippen LogP contribution in [0.3, 0.4) is 0 Å². The first kappa shape index (κ1) is 21.4. The Morgan fingerprint density at radius 3 is 2.79 bits per heavy atom. The highest BCUT2D eigenvalue weighted by atomic mass is 35.5. The first-order valence-electron chi connectivity index (χ1n) is 9.24. The van der Waals surface area contributed by atoms with Gasteiger partial charge in [-0.2, -0.15) is 5.10 Å². The first-order chi connectivity index (χ1) is 13.9. The Hall–Kier alpha value is -2.35. The topological polar surface area (TPSA) is 84.7 Å². The number of nitrogens with zero attached hydrogens (tertiary/aromatic N) is 2. The van der Waals surface area contributed by atoms with Crippen molar-refractivity contribution < 1.29 is 14.3 Å². The molecule has 1 aliphatic heterocycles. The first-order valence-corrected chi connectivity index (χ1v) is 9.99. The molecule has 0 radical (unpaired) electrons. The minimum atomic E-state index is -0.828. The normalized spacial score (nSPS) is 16.3. The number of hydrazone groups is 1. The lowest BCUT2D eigenvalue weighted by Gasteiger charge is -2.12. The average molecular weight is 437 g/mol. The third-order valence-electron chi connectivity index (χ3n) is 4.71. The monoisotopic (exact) mass is 436 g/mol. The number of nitrogens with one attached hydrogen (secondary N) is 2. The lowest BCUT2D eigenvalue weighted by atomic mass is 10.2. The number of carbonyl (C=O) groups is 2. The number of amides is 2. The number of ether oxygens (including phenoxy) is 1. The molecule has 1 aromatic heterocycles. The van der Waals surface area contributed by atoms with Crippen LogP contribution in [0.5, 0.6) is 0 Å². The molecule has 29 heavy (non-hydrogen) atoms. The van der Waals surface area contributed by atoms with Crippen LogP contribution in [0.2, 0.25) is 10.0 Å². The number of aromatic nitrogens is 1. The number of rotatable bonds is 5. The van der Waals surface area contributed by atoms with Gasteiger partial charge in [0.2, 0.25) is 0 Å². The van der Waals surface area contributed by atoms with Crippen molar-refractivity contribution in [3.8, 4) is 5.69 Å². The van der Waals surface area contributed by atoms with Gasteiger partial charge in [-0.3, -0.25) is 9.59 Å². The van der Waals surface area contributed by atoms with Gasteiger partial charge in [-0.25, -0.2) is 5.43 Å². The third-order valence-corrected chi connectivity index (χ3v) is 5.26. The molecule has 1 atom stereocenters. The van der Waals surface area contributed by atoms with E-state index in [0.717, 1.165) is 35.5 Å². The summed E-state index contributed by atoms with van der Waals surface area (Å²) in [7, 11) is 0. The fraction of sp³-hybridized carbons (Fsp3) is 0.350. The van der Waals surface area contributed by atoms with E-state index in [-0.39, 0.29) is 6.10 Å². The predicted octanol–water partition coefficient (Wildman–Crippen LogP) is 3.15. The smallest absolute Gasteiger partial charge is 0.329 e. The molecule has 7 nitrogen and oxygen atoms in total. The minimum Gasteiger partial charge on any atom is -0.376 e. The quantitative estimate of drug-likeness (QED) is 0.428. The zero-order valence-electron chi connectivity index (χ0n) is 16.2. The number of aryl methyl sites for hydroxylation is 1. The zero-order chi connectivity index (χ0) is 21.0. The number of carbonyl (C=O) groups excluding carboxylic acids is 2. The number of halogens is 2. The second kappa shape index (κ2) is 9.43. The summed E-state index contributed by atoms with van der Waals surface area (Å²) in [5.41, 5.74) is 5.57. The molecule has 1 saturated heterocycles. The van der Waals surface area contributed by atoms with E-state index in [9.17, 15) is 9.59 Å². The molecule has 0 unspecified atom stereocenters. The fourth-order valence-electron chi connectivity index (χ4n) is 3.25. The molecule has 1 aromatic carbocycles. The average Bonchev–Trinajstić information content (AvgIpc) is 3.30. The Morgan fingerprint density at radius 2 is 2.07 bits per heavy atom. The van der Waals surface area contributed by atoms with Gasteiger partial charge in [-0.1, -0.05) is 23.2 Å². The van der Waals surface area contributed by atoms with E-state index >= 15 is 0 Å². The Morgan fingerprint density at radius 1 is 1.28 bits per heavy atom. The van der Waals surface area contributed by atoms with Crippen molar-refractivity contribution in [3.63, 3.8) is 0 Å². The van der Waals surface area contributed by atoms with E-state index < -0.39 is 11.8 Å². The van der Waals surface area contributed by atoms with Crippen LogP contribution in [-0.2, 0) is 14.3 Å². The third kappa shape index (κ3) is 5.18. The van der Waals surface area contributed by atoms with Crippen molar-refractivity contribution in [2.45, 2.75) is 32.8 Å². The summed E-state index contributed by atoms with van der Waals surface area (Å²) < 4.78 is 7.36. The van der Waals surface area contributed by atoms with Crippen LogP contribution in [0.25, 0.3) is 5.69 Å². The van der Waals surface area contributed by atoms with Gasteiger partial charge in [0.05, 0.1) is 23.0 Å². The van der Waals surface area contributed by atoms with Crippen LogP contribution >= 0.6 is 23.2 Å². The van der Waals surface area contributed by atoms with Crippen molar-refractivity contribution in [1.82, 2.24) is 15.3 Å². The maximum absolute atomic E-state index is 11.9. The standard InChI is InChI=1S/C20H22Cl2N4O3/c1-12-8-14(13(2)26(12)18-9-15(21)5-6-17(18)22)10-24-25-20(28)19(27)23-11-16-4-3-7-29-16/h5-6,8-10,16H,3-4,7,11H2,1-2H3,(H,23,27)(H,25,28)/b24-10-/t16-/m0/s1. The van der Waals surface area contributed by atoms with Crippen LogP contribution in [0.15, 0.2) is 29.4 Å². The molecule has 9 heteroatoms. The van der Waals surface area contributed by atoms with Gasteiger partial charge in [0.25, 0.3) is 0 Å². The Kier molecular flexibility index (Phi) is 6.95. The highest BCUT2D eigenvalue weighted by molar-refractivity contribution is 6.35. The molecule has 2 N–H and O–H groups in total. The molecule has 0 saturated carbocycles. The summed E-state index contributed by atoms with van der Waals surface area (Å²) >= 11 is 12.4. The maximum Gasteiger partial charge on any atom is 0.329 e. The molecule has 2 amide bonds. The molecule has 1 aliphatic rings. The molecule has 2 heterocycles. The summed E-state index contributed by atoms with van der Waals surface area (Å²) in [6.45, 7) is 4.84. The van der Waals surface area contributed by atoms with Gasteiger partial charge in [-0.15, -0.1) is 0 Å². The zero-order valence-corrected chi connectivity index (χ0v) is 17.7. The Balaban J connectivity index is 1.64. The summed E-state index contributed by atoms with van der Waals surface area (Å²) in [6, 6.07) is 7.15. The van der Waals surface area contributed by atoms with Crippen molar-refractivity contribution >= 4 is 41.2 Å². The molecule has 3 rings (SSSR count). The summed E-state index contributed by atoms with van der Waals surface area (Å²) in [4.78, 5) is 23.7. The van der Waals surface area contributed by atoms with Gasteiger partial charge in [-0.05, 0) is 51.0 Å². The number of hydrogen-bond acceptors (Lipinski definition) is 4. The van der Waals surface area contributed by atoms with Crippen molar-refractivity contribution in [2.24, 2.45) is 5.10 Å². The van der Waals surface area contributed by atoms with Gasteiger partial charge in [0.15, 0.2) is 0 Å². The SMILES string of the molecule is Cc1cc(/C=N\NC(=O)C(=O)NC[C@@H]2CCCO2)c(C)n1-c1cc(Cl)ccc1Cl. The molecule has 1 fully saturated rings. The lowest BCUT2D eigenvalue weighted by molar-refractivity contribution is -0.139. The maximum atomic E-state index is 11.9. The van der Waals surface area contributed by atoms with Crippen LogP contribution in [0.1, 0.15) is 29.8 Å². The largest absolute Gasteiger partial charge is 0.376 e. The van der Waals surface area contributed by atoms with E-state index in [1.165, 1.54) is 6.21 Å². The minimum absolute atomic E-state index is 0.0287. The van der Waals surface area contributed by atoms with Gasteiger partial charge in [0, 0.05) is 35.1 Å². The summed E-state index contributed by atoms with van der Waals surface area (Å²) in [5, 5.41) is 7.59. The summed E-state index contributed by atoms with van der Waals surface area (Å²) in [5.74, 6) is -1.57. The van der Waals surface area contributed by atoms with Gasteiger partial charge in [0.1, 0.15) is 0 Å². The van der Waals surface area contributed by atoms with Crippen molar-refractivity contribution in [2.75, 3.05) is 13.2 Å². The predicted molar refractivity (Wildman–Crippen MR) is 113 cm³/mol.